The number of amides is 2. The number of piperidine rings is 1. The minimum atomic E-state index is -0.0692. The van der Waals surface area contributed by atoms with Crippen molar-refractivity contribution in [2.45, 2.75) is 25.7 Å². The van der Waals surface area contributed by atoms with Gasteiger partial charge in [-0.15, -0.1) is 0 Å². The number of likely N-dealkylation sites (N-methyl/N-ethyl adjacent to an activating group) is 1. The van der Waals surface area contributed by atoms with Gasteiger partial charge in [0.05, 0.1) is 6.54 Å². The molecule has 1 aliphatic heterocycles. The van der Waals surface area contributed by atoms with E-state index in [0.29, 0.717) is 12.3 Å². The van der Waals surface area contributed by atoms with Gasteiger partial charge < -0.3 is 15.5 Å². The van der Waals surface area contributed by atoms with Crippen LogP contribution in [0.15, 0.2) is 0 Å². The number of nitrogens with one attached hydrogen (secondary N) is 2. The summed E-state index contributed by atoms with van der Waals surface area (Å²) in [4.78, 5) is 24.3. The van der Waals surface area contributed by atoms with Crippen LogP contribution in [-0.4, -0.2) is 50.4 Å². The topological polar surface area (TPSA) is 61.4 Å². The van der Waals surface area contributed by atoms with Crippen LogP contribution in [0.2, 0.25) is 0 Å². The predicted octanol–water partition coefficient (Wildman–Crippen LogP) is -0.0294. The smallest absolute Gasteiger partial charge is 0.241 e. The molecule has 98 valence electrons. The molecular weight excluding hydrogens is 218 g/mol. The van der Waals surface area contributed by atoms with Gasteiger partial charge >= 0.3 is 0 Å². The molecule has 2 amide bonds. The molecule has 1 heterocycles. The molecule has 0 atom stereocenters. The van der Waals surface area contributed by atoms with Crippen molar-refractivity contribution < 1.29 is 9.59 Å². The van der Waals surface area contributed by atoms with Crippen molar-refractivity contribution in [1.29, 1.82) is 0 Å². The molecular formula is C12H23N3O2. The van der Waals surface area contributed by atoms with Crippen molar-refractivity contribution in [2.24, 2.45) is 5.92 Å². The Bertz CT molecular complexity index is 260. The third kappa shape index (κ3) is 5.68. The summed E-state index contributed by atoms with van der Waals surface area (Å²) in [5, 5.41) is 5.96. The van der Waals surface area contributed by atoms with Crippen molar-refractivity contribution >= 4 is 11.8 Å². The van der Waals surface area contributed by atoms with Gasteiger partial charge in [0.15, 0.2) is 0 Å². The third-order valence-electron chi connectivity index (χ3n) is 3.17. The zero-order valence-corrected chi connectivity index (χ0v) is 10.8. The Morgan fingerprint density at radius 1 is 1.29 bits per heavy atom. The lowest BCUT2D eigenvalue weighted by molar-refractivity contribution is -0.131. The highest BCUT2D eigenvalue weighted by molar-refractivity contribution is 5.84. The Balaban J connectivity index is 2.10. The molecule has 1 aliphatic rings. The minimum Gasteiger partial charge on any atom is -0.347 e. The van der Waals surface area contributed by atoms with E-state index in [0.717, 1.165) is 32.4 Å². The molecule has 0 saturated carbocycles. The van der Waals surface area contributed by atoms with Crippen LogP contribution >= 0.6 is 0 Å². The van der Waals surface area contributed by atoms with E-state index in [4.69, 9.17) is 0 Å². The van der Waals surface area contributed by atoms with E-state index in [1.54, 1.807) is 14.1 Å². The maximum Gasteiger partial charge on any atom is 0.241 e. The Hall–Kier alpha value is -1.10. The van der Waals surface area contributed by atoms with Crippen molar-refractivity contribution in [3.63, 3.8) is 0 Å². The van der Waals surface area contributed by atoms with Crippen LogP contribution < -0.4 is 10.6 Å². The van der Waals surface area contributed by atoms with Gasteiger partial charge in [0.1, 0.15) is 0 Å². The van der Waals surface area contributed by atoms with Crippen LogP contribution in [0.4, 0.5) is 0 Å². The minimum absolute atomic E-state index is 0.0151. The molecule has 1 rings (SSSR count). The fourth-order valence-electron chi connectivity index (χ4n) is 1.93. The van der Waals surface area contributed by atoms with Gasteiger partial charge in [0.2, 0.25) is 11.8 Å². The van der Waals surface area contributed by atoms with Gasteiger partial charge in [-0.2, -0.15) is 0 Å². The van der Waals surface area contributed by atoms with Crippen molar-refractivity contribution in [3.05, 3.63) is 0 Å². The lowest BCUT2D eigenvalue weighted by Crippen LogP contribution is -2.36. The second-order valence-corrected chi connectivity index (χ2v) is 4.80. The summed E-state index contributed by atoms with van der Waals surface area (Å²) in [7, 11) is 3.37. The van der Waals surface area contributed by atoms with Crippen molar-refractivity contribution in [1.82, 2.24) is 15.5 Å². The molecule has 0 aliphatic carbocycles. The van der Waals surface area contributed by atoms with E-state index in [1.807, 2.05) is 0 Å². The van der Waals surface area contributed by atoms with Gasteiger partial charge in [-0.3, -0.25) is 9.59 Å². The quantitative estimate of drug-likeness (QED) is 0.710. The first kappa shape index (κ1) is 14.0. The SMILES string of the molecule is CN(C)C(=O)CNC(=O)CCC1CCNCC1. The Morgan fingerprint density at radius 3 is 2.53 bits per heavy atom. The molecule has 5 heteroatoms. The molecule has 17 heavy (non-hydrogen) atoms. The van der Waals surface area contributed by atoms with Crippen molar-refractivity contribution in [2.75, 3.05) is 33.7 Å². The molecule has 5 nitrogen and oxygen atoms in total. The zero-order chi connectivity index (χ0) is 12.7. The highest BCUT2D eigenvalue weighted by atomic mass is 16.2. The van der Waals surface area contributed by atoms with Crippen LogP contribution in [0.1, 0.15) is 25.7 Å². The second kappa shape index (κ2) is 7.27. The van der Waals surface area contributed by atoms with Crippen LogP contribution in [0.3, 0.4) is 0 Å². The van der Waals surface area contributed by atoms with E-state index in [1.165, 1.54) is 4.90 Å². The standard InChI is InChI=1S/C12H23N3O2/c1-15(2)12(17)9-14-11(16)4-3-10-5-7-13-8-6-10/h10,13H,3-9H2,1-2H3,(H,14,16). The van der Waals surface area contributed by atoms with Crippen LogP contribution in [-0.2, 0) is 9.59 Å². The Labute approximate surface area is 103 Å². The first-order chi connectivity index (χ1) is 8.09. The number of nitrogens with zero attached hydrogens (tertiary/aromatic N) is 1. The first-order valence-corrected chi connectivity index (χ1v) is 6.27. The van der Waals surface area contributed by atoms with E-state index in [-0.39, 0.29) is 18.4 Å². The monoisotopic (exact) mass is 241 g/mol. The molecule has 1 saturated heterocycles. The Morgan fingerprint density at radius 2 is 1.94 bits per heavy atom. The largest absolute Gasteiger partial charge is 0.347 e. The Kier molecular flexibility index (Phi) is 5.97. The summed E-state index contributed by atoms with van der Waals surface area (Å²) in [6, 6.07) is 0. The fourth-order valence-corrected chi connectivity index (χ4v) is 1.93. The van der Waals surface area contributed by atoms with Crippen molar-refractivity contribution in [3.8, 4) is 0 Å². The summed E-state index contributed by atoms with van der Waals surface area (Å²) < 4.78 is 0. The molecule has 0 aromatic rings. The number of hydrogen-bond acceptors (Lipinski definition) is 3. The number of carbonyl (C=O) groups is 2. The van der Waals surface area contributed by atoms with Gasteiger partial charge in [0.25, 0.3) is 0 Å². The van der Waals surface area contributed by atoms with Gasteiger partial charge in [0, 0.05) is 20.5 Å². The van der Waals surface area contributed by atoms with E-state index >= 15 is 0 Å². The molecule has 0 aromatic heterocycles. The van der Waals surface area contributed by atoms with Gasteiger partial charge in [-0.25, -0.2) is 0 Å². The summed E-state index contributed by atoms with van der Waals surface area (Å²) in [6.07, 6.45) is 3.78. The normalized spacial score (nSPS) is 16.6. The summed E-state index contributed by atoms with van der Waals surface area (Å²) in [5.74, 6) is 0.575. The maximum atomic E-state index is 11.5. The molecule has 0 radical (unpaired) electrons. The summed E-state index contributed by atoms with van der Waals surface area (Å²) in [6.45, 7) is 2.23. The van der Waals surface area contributed by atoms with Crippen LogP contribution in [0.5, 0.6) is 0 Å². The van der Waals surface area contributed by atoms with E-state index < -0.39 is 0 Å². The molecule has 0 bridgehead atoms. The van der Waals surface area contributed by atoms with E-state index in [9.17, 15) is 9.59 Å². The molecule has 1 fully saturated rings. The number of carbonyl (C=O) groups excluding carboxylic acids is 2. The van der Waals surface area contributed by atoms with Crippen LogP contribution in [0, 0.1) is 5.92 Å². The summed E-state index contributed by atoms with van der Waals surface area (Å²) >= 11 is 0. The molecule has 0 spiro atoms. The lowest BCUT2D eigenvalue weighted by atomic mass is 9.93. The number of hydrogen-bond donors (Lipinski definition) is 2. The third-order valence-corrected chi connectivity index (χ3v) is 3.17. The van der Waals surface area contributed by atoms with Gasteiger partial charge in [-0.05, 0) is 38.3 Å². The molecule has 0 unspecified atom stereocenters. The zero-order valence-electron chi connectivity index (χ0n) is 10.8. The van der Waals surface area contributed by atoms with E-state index in [2.05, 4.69) is 10.6 Å². The highest BCUT2D eigenvalue weighted by Crippen LogP contribution is 2.17. The maximum absolute atomic E-state index is 11.5. The average Bonchev–Trinajstić information content (AvgIpc) is 2.34. The molecule has 2 N–H and O–H groups in total. The van der Waals surface area contributed by atoms with Gasteiger partial charge in [-0.1, -0.05) is 0 Å². The summed E-state index contributed by atoms with van der Waals surface area (Å²) in [5.41, 5.74) is 0. The first-order valence-electron chi connectivity index (χ1n) is 6.27. The average molecular weight is 241 g/mol. The van der Waals surface area contributed by atoms with Crippen LogP contribution in [0.25, 0.3) is 0 Å². The number of rotatable bonds is 5. The predicted molar refractivity (Wildman–Crippen MR) is 66.5 cm³/mol. The highest BCUT2D eigenvalue weighted by Gasteiger charge is 2.14. The second-order valence-electron chi connectivity index (χ2n) is 4.80. The fraction of sp³-hybridized carbons (Fsp3) is 0.833. The lowest BCUT2D eigenvalue weighted by Gasteiger charge is -2.22. The molecule has 0 aromatic carbocycles.